The molecule has 0 spiro atoms. The lowest BCUT2D eigenvalue weighted by Gasteiger charge is -2.12. The molecule has 0 bridgehead atoms. The Morgan fingerprint density at radius 3 is 2.62 bits per heavy atom. The zero-order valence-corrected chi connectivity index (χ0v) is 10.7. The highest BCUT2D eigenvalue weighted by molar-refractivity contribution is 4.74. The first-order valence-corrected chi connectivity index (χ1v) is 6.94. The van der Waals surface area contributed by atoms with Crippen LogP contribution in [0.3, 0.4) is 0 Å². The van der Waals surface area contributed by atoms with E-state index in [0.29, 0.717) is 0 Å². The summed E-state index contributed by atoms with van der Waals surface area (Å²) in [6.07, 6.45) is 5.52. The highest BCUT2D eigenvalue weighted by atomic mass is 15.1. The normalized spacial score (nSPS) is 31.3. The monoisotopic (exact) mass is 225 g/mol. The van der Waals surface area contributed by atoms with Crippen LogP contribution >= 0.6 is 0 Å². The Labute approximate surface area is 100.0 Å². The van der Waals surface area contributed by atoms with Gasteiger partial charge in [-0.25, -0.2) is 0 Å². The van der Waals surface area contributed by atoms with Crippen molar-refractivity contribution in [2.75, 3.05) is 46.3 Å². The molecule has 0 aromatic carbocycles. The van der Waals surface area contributed by atoms with Gasteiger partial charge in [0.25, 0.3) is 0 Å². The van der Waals surface area contributed by atoms with Gasteiger partial charge in [0, 0.05) is 6.54 Å². The number of nitrogens with zero attached hydrogens (tertiary/aromatic N) is 1. The van der Waals surface area contributed by atoms with Gasteiger partial charge in [0.15, 0.2) is 0 Å². The molecule has 2 heterocycles. The van der Waals surface area contributed by atoms with E-state index in [1.165, 1.54) is 65.0 Å². The zero-order valence-electron chi connectivity index (χ0n) is 10.7. The molecule has 2 N–H and O–H groups in total. The van der Waals surface area contributed by atoms with Crippen molar-refractivity contribution < 1.29 is 0 Å². The second-order valence-electron chi connectivity index (χ2n) is 5.60. The van der Waals surface area contributed by atoms with Crippen molar-refractivity contribution in [3.63, 3.8) is 0 Å². The summed E-state index contributed by atoms with van der Waals surface area (Å²) in [6, 6.07) is 0. The number of likely N-dealkylation sites (tertiary alicyclic amines) is 1. The fourth-order valence-corrected chi connectivity index (χ4v) is 2.96. The molecule has 2 saturated heterocycles. The Hall–Kier alpha value is -0.120. The third-order valence-corrected chi connectivity index (χ3v) is 4.11. The predicted molar refractivity (Wildman–Crippen MR) is 68.7 cm³/mol. The van der Waals surface area contributed by atoms with Gasteiger partial charge in [-0.2, -0.15) is 0 Å². The van der Waals surface area contributed by atoms with Crippen LogP contribution in [0.25, 0.3) is 0 Å². The Morgan fingerprint density at radius 1 is 1.19 bits per heavy atom. The van der Waals surface area contributed by atoms with E-state index < -0.39 is 0 Å². The van der Waals surface area contributed by atoms with E-state index in [4.69, 9.17) is 0 Å². The van der Waals surface area contributed by atoms with E-state index in [1.54, 1.807) is 0 Å². The Balaban J connectivity index is 1.43. The molecule has 94 valence electrons. The lowest BCUT2D eigenvalue weighted by molar-refractivity contribution is 0.383. The summed E-state index contributed by atoms with van der Waals surface area (Å²) in [4.78, 5) is 2.45. The van der Waals surface area contributed by atoms with Gasteiger partial charge in [-0.3, -0.25) is 0 Å². The maximum Gasteiger partial charge on any atom is 0.000756 e. The molecule has 2 rings (SSSR count). The largest absolute Gasteiger partial charge is 0.317 e. The second kappa shape index (κ2) is 6.58. The fraction of sp³-hybridized carbons (Fsp3) is 1.00. The van der Waals surface area contributed by atoms with Crippen LogP contribution in [0.2, 0.25) is 0 Å². The zero-order chi connectivity index (χ0) is 11.2. The van der Waals surface area contributed by atoms with Crippen molar-refractivity contribution >= 4 is 0 Å². The number of hydrogen-bond acceptors (Lipinski definition) is 3. The van der Waals surface area contributed by atoms with E-state index in [9.17, 15) is 0 Å². The number of hydrogen-bond donors (Lipinski definition) is 2. The first-order valence-electron chi connectivity index (χ1n) is 6.94. The van der Waals surface area contributed by atoms with Crippen molar-refractivity contribution in [3.8, 4) is 0 Å². The molecule has 2 fully saturated rings. The first kappa shape index (κ1) is 12.3. The summed E-state index contributed by atoms with van der Waals surface area (Å²) in [5.41, 5.74) is 0. The lowest BCUT2D eigenvalue weighted by Crippen LogP contribution is -2.23. The minimum atomic E-state index is 0.935. The second-order valence-corrected chi connectivity index (χ2v) is 5.60. The van der Waals surface area contributed by atoms with Crippen LogP contribution in [-0.2, 0) is 0 Å². The number of nitrogens with one attached hydrogen (secondary N) is 2. The van der Waals surface area contributed by atoms with Crippen molar-refractivity contribution in [2.45, 2.75) is 25.7 Å². The minimum absolute atomic E-state index is 0.935. The molecule has 2 atom stereocenters. The van der Waals surface area contributed by atoms with Gasteiger partial charge < -0.3 is 15.5 Å². The van der Waals surface area contributed by atoms with Crippen LogP contribution in [0, 0.1) is 11.8 Å². The van der Waals surface area contributed by atoms with Crippen molar-refractivity contribution in [1.29, 1.82) is 0 Å². The Kier molecular flexibility index (Phi) is 5.07. The third-order valence-electron chi connectivity index (χ3n) is 4.11. The van der Waals surface area contributed by atoms with Crippen LogP contribution in [0.15, 0.2) is 0 Å². The van der Waals surface area contributed by atoms with Crippen molar-refractivity contribution in [3.05, 3.63) is 0 Å². The molecule has 2 aliphatic heterocycles. The van der Waals surface area contributed by atoms with Crippen molar-refractivity contribution in [2.24, 2.45) is 11.8 Å². The van der Waals surface area contributed by atoms with Crippen LogP contribution in [0.5, 0.6) is 0 Å². The average Bonchev–Trinajstić information content (AvgIpc) is 2.89. The van der Waals surface area contributed by atoms with Gasteiger partial charge in [0.1, 0.15) is 0 Å². The number of rotatable bonds is 6. The average molecular weight is 225 g/mol. The molecule has 0 radical (unpaired) electrons. The van der Waals surface area contributed by atoms with Crippen LogP contribution in [-0.4, -0.2) is 51.2 Å². The first-order chi connectivity index (χ1) is 7.84. The van der Waals surface area contributed by atoms with Crippen LogP contribution in [0.1, 0.15) is 25.7 Å². The van der Waals surface area contributed by atoms with Crippen molar-refractivity contribution in [1.82, 2.24) is 15.5 Å². The Morgan fingerprint density at radius 2 is 2.00 bits per heavy atom. The van der Waals surface area contributed by atoms with Gasteiger partial charge in [0.05, 0.1) is 0 Å². The molecule has 0 aromatic rings. The quantitative estimate of drug-likeness (QED) is 0.658. The molecule has 0 aliphatic carbocycles. The third kappa shape index (κ3) is 4.04. The molecule has 2 unspecified atom stereocenters. The SMILES string of the molecule is CN1CCC(CCNCCC2CCNC2)C1. The van der Waals surface area contributed by atoms with Crippen LogP contribution < -0.4 is 10.6 Å². The maximum absolute atomic E-state index is 3.61. The smallest absolute Gasteiger partial charge is 0.000756 e. The molecule has 3 nitrogen and oxygen atoms in total. The molecular formula is C13H27N3. The molecule has 2 aliphatic rings. The highest BCUT2D eigenvalue weighted by Crippen LogP contribution is 2.17. The van der Waals surface area contributed by atoms with Crippen LogP contribution in [0.4, 0.5) is 0 Å². The molecular weight excluding hydrogens is 198 g/mol. The fourth-order valence-electron chi connectivity index (χ4n) is 2.96. The molecule has 0 aromatic heterocycles. The topological polar surface area (TPSA) is 27.3 Å². The lowest BCUT2D eigenvalue weighted by atomic mass is 10.0. The summed E-state index contributed by atoms with van der Waals surface area (Å²) in [5.74, 6) is 1.88. The van der Waals surface area contributed by atoms with Gasteiger partial charge >= 0.3 is 0 Å². The summed E-state index contributed by atoms with van der Waals surface area (Å²) in [6.45, 7) is 7.54. The van der Waals surface area contributed by atoms with Gasteiger partial charge in [-0.05, 0) is 77.3 Å². The summed E-state index contributed by atoms with van der Waals surface area (Å²) in [5, 5.41) is 7.04. The van der Waals surface area contributed by atoms with E-state index in [1.807, 2.05) is 0 Å². The summed E-state index contributed by atoms with van der Waals surface area (Å²) >= 11 is 0. The summed E-state index contributed by atoms with van der Waals surface area (Å²) in [7, 11) is 2.24. The van der Waals surface area contributed by atoms with Gasteiger partial charge in [-0.1, -0.05) is 0 Å². The minimum Gasteiger partial charge on any atom is -0.317 e. The Bertz CT molecular complexity index is 190. The summed E-state index contributed by atoms with van der Waals surface area (Å²) < 4.78 is 0. The highest BCUT2D eigenvalue weighted by Gasteiger charge is 2.18. The van der Waals surface area contributed by atoms with E-state index >= 15 is 0 Å². The van der Waals surface area contributed by atoms with E-state index in [2.05, 4.69) is 22.6 Å². The van der Waals surface area contributed by atoms with E-state index in [-0.39, 0.29) is 0 Å². The maximum atomic E-state index is 3.61. The molecule has 3 heteroatoms. The van der Waals surface area contributed by atoms with Gasteiger partial charge in [-0.15, -0.1) is 0 Å². The molecule has 0 saturated carbocycles. The molecule has 16 heavy (non-hydrogen) atoms. The standard InChI is InChI=1S/C13H27N3/c1-16-9-5-13(11-16)4-7-14-6-2-12-3-8-15-10-12/h12-15H,2-11H2,1H3. The predicted octanol–water partition coefficient (Wildman–Crippen LogP) is 0.917. The van der Waals surface area contributed by atoms with E-state index in [0.717, 1.165) is 11.8 Å². The van der Waals surface area contributed by atoms with Gasteiger partial charge in [0.2, 0.25) is 0 Å². The molecule has 0 amide bonds.